The zero-order valence-corrected chi connectivity index (χ0v) is 7.55. The van der Waals surface area contributed by atoms with Crippen LogP contribution in [-0.2, 0) is 4.79 Å². The van der Waals surface area contributed by atoms with Crippen molar-refractivity contribution in [2.45, 2.75) is 45.1 Å². The first-order valence-electron chi connectivity index (χ1n) is 4.86. The fourth-order valence-electron chi connectivity index (χ4n) is 2.92. The Morgan fingerprint density at radius 3 is 2.92 bits per heavy atom. The number of hydrogen-bond acceptors (Lipinski definition) is 2. The van der Waals surface area contributed by atoms with Gasteiger partial charge in [0.1, 0.15) is 5.78 Å². The molecular formula is C10H16O2. The van der Waals surface area contributed by atoms with Crippen molar-refractivity contribution in [1.29, 1.82) is 0 Å². The first-order chi connectivity index (χ1) is 5.64. The van der Waals surface area contributed by atoms with Crippen molar-refractivity contribution in [3.63, 3.8) is 0 Å². The van der Waals surface area contributed by atoms with Crippen LogP contribution in [0.2, 0.25) is 0 Å². The average molecular weight is 168 g/mol. The summed E-state index contributed by atoms with van der Waals surface area (Å²) in [7, 11) is 0. The molecule has 0 spiro atoms. The van der Waals surface area contributed by atoms with E-state index in [1.54, 1.807) is 0 Å². The van der Waals surface area contributed by atoms with Gasteiger partial charge in [0.05, 0.1) is 6.10 Å². The van der Waals surface area contributed by atoms with Gasteiger partial charge in [0.25, 0.3) is 0 Å². The molecule has 0 amide bonds. The molecule has 0 aromatic rings. The third-order valence-corrected chi connectivity index (χ3v) is 3.80. The first-order valence-corrected chi connectivity index (χ1v) is 4.86. The fourth-order valence-corrected chi connectivity index (χ4v) is 2.92. The third kappa shape index (κ3) is 0.939. The highest BCUT2D eigenvalue weighted by molar-refractivity contribution is 5.87. The van der Waals surface area contributed by atoms with Crippen LogP contribution in [0.1, 0.15) is 39.0 Å². The molecule has 68 valence electrons. The van der Waals surface area contributed by atoms with E-state index in [-0.39, 0.29) is 17.4 Å². The number of hydrogen-bond donors (Lipinski definition) is 1. The van der Waals surface area contributed by atoms with E-state index >= 15 is 0 Å². The van der Waals surface area contributed by atoms with E-state index in [1.165, 1.54) is 0 Å². The van der Waals surface area contributed by atoms with Crippen LogP contribution in [0.4, 0.5) is 0 Å². The molecule has 2 saturated carbocycles. The lowest BCUT2D eigenvalue weighted by Crippen LogP contribution is -2.39. The number of ketones is 1. The van der Waals surface area contributed by atoms with E-state index in [2.05, 4.69) is 0 Å². The van der Waals surface area contributed by atoms with E-state index in [4.69, 9.17) is 0 Å². The van der Waals surface area contributed by atoms with Crippen LogP contribution in [-0.4, -0.2) is 17.0 Å². The van der Waals surface area contributed by atoms with Crippen molar-refractivity contribution in [2.24, 2.45) is 11.3 Å². The molecule has 2 rings (SSSR count). The Bertz CT molecular complexity index is 212. The molecule has 2 aliphatic rings. The second-order valence-electron chi connectivity index (χ2n) is 4.45. The fraction of sp³-hybridized carbons (Fsp3) is 0.900. The summed E-state index contributed by atoms with van der Waals surface area (Å²) in [4.78, 5) is 11.6. The zero-order valence-electron chi connectivity index (χ0n) is 7.55. The van der Waals surface area contributed by atoms with Gasteiger partial charge in [-0.25, -0.2) is 0 Å². The highest BCUT2D eigenvalue weighted by Crippen LogP contribution is 2.49. The van der Waals surface area contributed by atoms with Crippen LogP contribution >= 0.6 is 0 Å². The number of Topliss-reactive ketones (excluding diaryl/α,β-unsaturated/α-hetero) is 1. The van der Waals surface area contributed by atoms with Gasteiger partial charge >= 0.3 is 0 Å². The molecule has 2 aliphatic carbocycles. The summed E-state index contributed by atoms with van der Waals surface area (Å²) in [5.74, 6) is 0.644. The monoisotopic (exact) mass is 168 g/mol. The SMILES string of the molecule is C[C@]12CCCC(O)[C@@H]1CCC2=O. The smallest absolute Gasteiger partial charge is 0.139 e. The minimum Gasteiger partial charge on any atom is -0.393 e. The number of fused-ring (bicyclic) bond motifs is 1. The Morgan fingerprint density at radius 2 is 2.25 bits per heavy atom. The van der Waals surface area contributed by atoms with Crippen molar-refractivity contribution in [3.05, 3.63) is 0 Å². The van der Waals surface area contributed by atoms with Crippen LogP contribution in [0.3, 0.4) is 0 Å². The summed E-state index contributed by atoms with van der Waals surface area (Å²) in [5.41, 5.74) is -0.169. The Labute approximate surface area is 73.0 Å². The molecule has 2 heteroatoms. The summed E-state index contributed by atoms with van der Waals surface area (Å²) in [6.07, 6.45) is 4.30. The lowest BCUT2D eigenvalue weighted by molar-refractivity contribution is -0.130. The standard InChI is InChI=1S/C10H16O2/c1-10-6-2-3-8(11)7(10)4-5-9(10)12/h7-8,11H,2-6H2,1H3/t7-,8?,10-/m0/s1. The zero-order chi connectivity index (χ0) is 8.77. The van der Waals surface area contributed by atoms with Crippen LogP contribution in [0, 0.1) is 11.3 Å². The van der Waals surface area contributed by atoms with Crippen LogP contribution in [0.15, 0.2) is 0 Å². The van der Waals surface area contributed by atoms with Gasteiger partial charge in [0.2, 0.25) is 0 Å². The van der Waals surface area contributed by atoms with Crippen molar-refractivity contribution in [1.82, 2.24) is 0 Å². The summed E-state index contributed by atoms with van der Waals surface area (Å²) < 4.78 is 0. The van der Waals surface area contributed by atoms with Crippen LogP contribution < -0.4 is 0 Å². The lowest BCUT2D eigenvalue weighted by Gasteiger charge is -2.37. The van der Waals surface area contributed by atoms with E-state index in [9.17, 15) is 9.90 Å². The summed E-state index contributed by atoms with van der Waals surface area (Å²) >= 11 is 0. The second-order valence-corrected chi connectivity index (χ2v) is 4.45. The minimum absolute atomic E-state index is 0.169. The molecule has 0 aromatic carbocycles. The predicted octanol–water partition coefficient (Wildman–Crippen LogP) is 1.52. The quantitative estimate of drug-likeness (QED) is 0.595. The van der Waals surface area contributed by atoms with Gasteiger partial charge in [-0.3, -0.25) is 4.79 Å². The maximum atomic E-state index is 11.6. The molecule has 0 aliphatic heterocycles. The topological polar surface area (TPSA) is 37.3 Å². The molecule has 2 nitrogen and oxygen atoms in total. The number of carbonyl (C=O) groups is 1. The molecule has 0 heterocycles. The third-order valence-electron chi connectivity index (χ3n) is 3.80. The van der Waals surface area contributed by atoms with Gasteiger partial charge in [0.15, 0.2) is 0 Å². The number of rotatable bonds is 0. The number of aliphatic hydroxyl groups is 1. The molecule has 0 radical (unpaired) electrons. The van der Waals surface area contributed by atoms with Gasteiger partial charge in [0, 0.05) is 11.8 Å². The number of carbonyl (C=O) groups excluding carboxylic acids is 1. The van der Waals surface area contributed by atoms with Crippen molar-refractivity contribution in [2.75, 3.05) is 0 Å². The van der Waals surface area contributed by atoms with E-state index in [0.717, 1.165) is 25.7 Å². The van der Waals surface area contributed by atoms with Gasteiger partial charge < -0.3 is 5.11 Å². The van der Waals surface area contributed by atoms with E-state index in [1.807, 2.05) is 6.92 Å². The summed E-state index contributed by atoms with van der Waals surface area (Å²) in [6, 6.07) is 0. The van der Waals surface area contributed by atoms with Crippen LogP contribution in [0.5, 0.6) is 0 Å². The van der Waals surface area contributed by atoms with Gasteiger partial charge in [-0.2, -0.15) is 0 Å². The lowest BCUT2D eigenvalue weighted by atomic mass is 9.68. The highest BCUT2D eigenvalue weighted by Gasteiger charge is 2.50. The van der Waals surface area contributed by atoms with Crippen molar-refractivity contribution < 1.29 is 9.90 Å². The molecule has 12 heavy (non-hydrogen) atoms. The van der Waals surface area contributed by atoms with E-state index < -0.39 is 0 Å². The summed E-state index contributed by atoms with van der Waals surface area (Å²) in [5, 5.41) is 9.71. The first kappa shape index (κ1) is 8.24. The number of aliphatic hydroxyl groups excluding tert-OH is 1. The second kappa shape index (κ2) is 2.56. The maximum absolute atomic E-state index is 11.6. The molecule has 3 atom stereocenters. The highest BCUT2D eigenvalue weighted by atomic mass is 16.3. The Hall–Kier alpha value is -0.370. The minimum atomic E-state index is -0.213. The van der Waals surface area contributed by atoms with Gasteiger partial charge in [-0.05, 0) is 31.6 Å². The molecular weight excluding hydrogens is 152 g/mol. The van der Waals surface area contributed by atoms with Gasteiger partial charge in [-0.15, -0.1) is 0 Å². The maximum Gasteiger partial charge on any atom is 0.139 e. The summed E-state index contributed by atoms with van der Waals surface area (Å²) in [6.45, 7) is 2.04. The van der Waals surface area contributed by atoms with E-state index in [0.29, 0.717) is 12.2 Å². The Kier molecular flexibility index (Phi) is 1.76. The molecule has 1 N–H and O–H groups in total. The molecule has 0 bridgehead atoms. The molecule has 1 unspecified atom stereocenters. The normalized spacial score (nSPS) is 47.7. The Balaban J connectivity index is 2.26. The largest absolute Gasteiger partial charge is 0.393 e. The Morgan fingerprint density at radius 1 is 1.50 bits per heavy atom. The average Bonchev–Trinajstić information content (AvgIpc) is 2.30. The van der Waals surface area contributed by atoms with Crippen molar-refractivity contribution in [3.8, 4) is 0 Å². The molecule has 2 fully saturated rings. The molecule has 0 aromatic heterocycles. The van der Waals surface area contributed by atoms with Gasteiger partial charge in [-0.1, -0.05) is 6.92 Å². The van der Waals surface area contributed by atoms with Crippen LogP contribution in [0.25, 0.3) is 0 Å². The van der Waals surface area contributed by atoms with Crippen molar-refractivity contribution >= 4 is 5.78 Å². The molecule has 0 saturated heterocycles. The predicted molar refractivity (Wildman–Crippen MR) is 45.7 cm³/mol.